The number of benzene rings is 1. The molecule has 1 fully saturated rings. The third kappa shape index (κ3) is 3.78. The second-order valence-corrected chi connectivity index (χ2v) is 6.34. The highest BCUT2D eigenvalue weighted by Crippen LogP contribution is 2.19. The lowest BCUT2D eigenvalue weighted by molar-refractivity contribution is -0.00830. The van der Waals surface area contributed by atoms with Gasteiger partial charge < -0.3 is 18.7 Å². The Morgan fingerprint density at radius 3 is 2.72 bits per heavy atom. The molecule has 1 aliphatic rings. The van der Waals surface area contributed by atoms with Gasteiger partial charge in [0.2, 0.25) is 5.82 Å². The number of piperidine rings is 1. The van der Waals surface area contributed by atoms with Gasteiger partial charge >= 0.3 is 0 Å². The Labute approximate surface area is 146 Å². The first-order chi connectivity index (χ1) is 12.3. The predicted octanol–water partition coefficient (Wildman–Crippen LogP) is 2.53. The summed E-state index contributed by atoms with van der Waals surface area (Å²) in [6.45, 7) is 2.51. The number of nitrogens with zero attached hydrogens (tertiary/aromatic N) is 5. The van der Waals surface area contributed by atoms with Gasteiger partial charge in [-0.3, -0.25) is 0 Å². The molecule has 0 amide bonds. The molecule has 130 valence electrons. The summed E-state index contributed by atoms with van der Waals surface area (Å²) in [7, 11) is 2.14. The highest BCUT2D eigenvalue weighted by atomic mass is 16.5. The minimum Gasteiger partial charge on any atom is -0.368 e. The zero-order chi connectivity index (χ0) is 17.1. The number of aromatic nitrogens is 4. The fraction of sp³-hybridized carbons (Fsp3) is 0.389. The SMILES string of the molecule is CN1CCC(OCc2nc(-c3ccc(-n4ccnc4)cc3)no2)CC1. The molecule has 3 heterocycles. The molecule has 1 aromatic carbocycles. The smallest absolute Gasteiger partial charge is 0.252 e. The van der Waals surface area contributed by atoms with E-state index in [2.05, 4.69) is 27.1 Å². The summed E-state index contributed by atoms with van der Waals surface area (Å²) in [6, 6.07) is 7.95. The fourth-order valence-electron chi connectivity index (χ4n) is 2.97. The Bertz CT molecular complexity index is 789. The van der Waals surface area contributed by atoms with Crippen LogP contribution < -0.4 is 0 Å². The van der Waals surface area contributed by atoms with Gasteiger partial charge in [-0.05, 0) is 44.2 Å². The summed E-state index contributed by atoms with van der Waals surface area (Å²) in [6.07, 6.45) is 7.80. The number of imidazole rings is 1. The molecule has 7 heteroatoms. The highest BCUT2D eigenvalue weighted by molar-refractivity contribution is 5.56. The molecule has 25 heavy (non-hydrogen) atoms. The summed E-state index contributed by atoms with van der Waals surface area (Å²) < 4.78 is 13.2. The molecule has 0 bridgehead atoms. The topological polar surface area (TPSA) is 69.2 Å². The molecule has 4 rings (SSSR count). The lowest BCUT2D eigenvalue weighted by Gasteiger charge is -2.28. The molecule has 1 aliphatic heterocycles. The third-order valence-electron chi connectivity index (χ3n) is 4.50. The Morgan fingerprint density at radius 1 is 1.20 bits per heavy atom. The lowest BCUT2D eigenvalue weighted by Crippen LogP contribution is -2.34. The monoisotopic (exact) mass is 339 g/mol. The number of likely N-dealkylation sites (tertiary alicyclic amines) is 1. The van der Waals surface area contributed by atoms with Gasteiger partial charge in [-0.15, -0.1) is 0 Å². The Balaban J connectivity index is 1.37. The van der Waals surface area contributed by atoms with Gasteiger partial charge in [-0.25, -0.2) is 4.98 Å². The van der Waals surface area contributed by atoms with Gasteiger partial charge in [-0.1, -0.05) is 5.16 Å². The number of rotatable bonds is 5. The summed E-state index contributed by atoms with van der Waals surface area (Å²) in [4.78, 5) is 10.8. The molecular weight excluding hydrogens is 318 g/mol. The van der Waals surface area contributed by atoms with Crippen LogP contribution in [0.25, 0.3) is 17.1 Å². The number of ether oxygens (including phenoxy) is 1. The van der Waals surface area contributed by atoms with Crippen LogP contribution in [0.4, 0.5) is 0 Å². The average Bonchev–Trinajstić information content (AvgIpc) is 3.34. The highest BCUT2D eigenvalue weighted by Gasteiger charge is 2.18. The summed E-state index contributed by atoms with van der Waals surface area (Å²) in [5.41, 5.74) is 1.95. The maximum Gasteiger partial charge on any atom is 0.252 e. The normalized spacial score (nSPS) is 16.4. The van der Waals surface area contributed by atoms with Crippen molar-refractivity contribution in [3.8, 4) is 17.1 Å². The Hall–Kier alpha value is -2.51. The number of hydrogen-bond acceptors (Lipinski definition) is 6. The van der Waals surface area contributed by atoms with Crippen LogP contribution in [0, 0.1) is 0 Å². The van der Waals surface area contributed by atoms with Gasteiger partial charge in [0.1, 0.15) is 6.61 Å². The van der Waals surface area contributed by atoms with Crippen molar-refractivity contribution in [1.29, 1.82) is 0 Å². The van der Waals surface area contributed by atoms with E-state index >= 15 is 0 Å². The molecule has 0 atom stereocenters. The van der Waals surface area contributed by atoms with Crippen LogP contribution in [0.2, 0.25) is 0 Å². The van der Waals surface area contributed by atoms with Crippen LogP contribution in [0.5, 0.6) is 0 Å². The fourth-order valence-corrected chi connectivity index (χ4v) is 2.97. The summed E-state index contributed by atoms with van der Waals surface area (Å²) in [5.74, 6) is 1.10. The average molecular weight is 339 g/mol. The Kier molecular flexibility index (Phi) is 4.58. The molecule has 2 aromatic heterocycles. The van der Waals surface area contributed by atoms with Crippen molar-refractivity contribution in [1.82, 2.24) is 24.6 Å². The first kappa shape index (κ1) is 16.0. The first-order valence-corrected chi connectivity index (χ1v) is 8.49. The quantitative estimate of drug-likeness (QED) is 0.711. The molecule has 3 aromatic rings. The van der Waals surface area contributed by atoms with Crippen molar-refractivity contribution in [2.45, 2.75) is 25.6 Å². The van der Waals surface area contributed by atoms with Gasteiger partial charge in [-0.2, -0.15) is 4.98 Å². The molecule has 0 saturated carbocycles. The molecule has 0 radical (unpaired) electrons. The van der Waals surface area contributed by atoms with Crippen LogP contribution in [-0.4, -0.2) is 50.8 Å². The van der Waals surface area contributed by atoms with E-state index in [9.17, 15) is 0 Å². The third-order valence-corrected chi connectivity index (χ3v) is 4.50. The second-order valence-electron chi connectivity index (χ2n) is 6.34. The largest absolute Gasteiger partial charge is 0.368 e. The minimum atomic E-state index is 0.279. The molecule has 1 saturated heterocycles. The van der Waals surface area contributed by atoms with Crippen LogP contribution in [0.1, 0.15) is 18.7 Å². The predicted molar refractivity (Wildman–Crippen MR) is 92.2 cm³/mol. The maximum atomic E-state index is 5.90. The van der Waals surface area contributed by atoms with E-state index < -0.39 is 0 Å². The van der Waals surface area contributed by atoms with E-state index in [1.165, 1.54) is 0 Å². The molecule has 0 N–H and O–H groups in total. The number of hydrogen-bond donors (Lipinski definition) is 0. The van der Waals surface area contributed by atoms with Crippen molar-refractivity contribution in [2.75, 3.05) is 20.1 Å². The van der Waals surface area contributed by atoms with Gasteiger partial charge in [0.25, 0.3) is 5.89 Å². The molecule has 0 spiro atoms. The van der Waals surface area contributed by atoms with Crippen molar-refractivity contribution in [3.05, 3.63) is 48.9 Å². The van der Waals surface area contributed by atoms with Crippen molar-refractivity contribution in [3.63, 3.8) is 0 Å². The van der Waals surface area contributed by atoms with Crippen molar-refractivity contribution < 1.29 is 9.26 Å². The van der Waals surface area contributed by atoms with Crippen LogP contribution in [-0.2, 0) is 11.3 Å². The van der Waals surface area contributed by atoms with E-state index in [1.807, 2.05) is 35.0 Å². The minimum absolute atomic E-state index is 0.279. The van der Waals surface area contributed by atoms with Gasteiger partial charge in [0.05, 0.1) is 12.4 Å². The van der Waals surface area contributed by atoms with Crippen molar-refractivity contribution in [2.24, 2.45) is 0 Å². The van der Waals surface area contributed by atoms with Crippen molar-refractivity contribution >= 4 is 0 Å². The van der Waals surface area contributed by atoms with Crippen LogP contribution in [0.3, 0.4) is 0 Å². The summed E-state index contributed by atoms with van der Waals surface area (Å²) >= 11 is 0. The van der Waals surface area contributed by atoms with Crippen LogP contribution >= 0.6 is 0 Å². The molecule has 0 aliphatic carbocycles. The van der Waals surface area contributed by atoms with E-state index in [1.54, 1.807) is 12.5 Å². The molecule has 7 nitrogen and oxygen atoms in total. The van der Waals surface area contributed by atoms with E-state index in [4.69, 9.17) is 9.26 Å². The zero-order valence-corrected chi connectivity index (χ0v) is 14.2. The zero-order valence-electron chi connectivity index (χ0n) is 14.2. The second kappa shape index (κ2) is 7.16. The van der Waals surface area contributed by atoms with Gasteiger partial charge in [0.15, 0.2) is 0 Å². The first-order valence-electron chi connectivity index (χ1n) is 8.49. The van der Waals surface area contributed by atoms with Gasteiger partial charge in [0, 0.05) is 36.7 Å². The van der Waals surface area contributed by atoms with Crippen LogP contribution in [0.15, 0.2) is 47.5 Å². The van der Waals surface area contributed by atoms with E-state index in [-0.39, 0.29) is 6.10 Å². The molecule has 0 unspecified atom stereocenters. The maximum absolute atomic E-state index is 5.90. The van der Waals surface area contributed by atoms with E-state index in [0.29, 0.717) is 18.3 Å². The van der Waals surface area contributed by atoms with E-state index in [0.717, 1.165) is 37.2 Å². The summed E-state index contributed by atoms with van der Waals surface area (Å²) in [5, 5.41) is 4.06. The Morgan fingerprint density at radius 2 is 2.00 bits per heavy atom. The lowest BCUT2D eigenvalue weighted by atomic mass is 10.1. The molecular formula is C18H21N5O2. The standard InChI is InChI=1S/C18H21N5O2/c1-22-9-6-16(7-10-22)24-12-17-20-18(21-25-17)14-2-4-15(5-3-14)23-11-8-19-13-23/h2-5,8,11,13,16H,6-7,9-10,12H2,1H3.